The van der Waals surface area contributed by atoms with Gasteiger partial charge >= 0.3 is 6.36 Å². The first-order valence-electron chi connectivity index (χ1n) is 4.53. The SMILES string of the molecule is CCc1cc(CN)cc(OC(F)(F)F)c1. The van der Waals surface area contributed by atoms with E-state index in [1.54, 1.807) is 6.07 Å². The lowest BCUT2D eigenvalue weighted by Crippen LogP contribution is -2.17. The zero-order valence-electron chi connectivity index (χ0n) is 8.27. The van der Waals surface area contributed by atoms with Crippen LogP contribution in [0.25, 0.3) is 0 Å². The van der Waals surface area contributed by atoms with Crippen molar-refractivity contribution in [1.29, 1.82) is 0 Å². The Labute approximate surface area is 85.8 Å². The van der Waals surface area contributed by atoms with E-state index in [4.69, 9.17) is 5.73 Å². The maximum Gasteiger partial charge on any atom is 0.573 e. The average molecular weight is 219 g/mol. The smallest absolute Gasteiger partial charge is 0.406 e. The van der Waals surface area contributed by atoms with Crippen LogP contribution in [0.15, 0.2) is 18.2 Å². The van der Waals surface area contributed by atoms with E-state index in [1.807, 2.05) is 6.92 Å². The molecular formula is C10H12F3NO. The summed E-state index contributed by atoms with van der Waals surface area (Å²) < 4.78 is 39.7. The number of rotatable bonds is 3. The predicted octanol–water partition coefficient (Wildman–Crippen LogP) is 2.61. The van der Waals surface area contributed by atoms with Crippen LogP contribution in [-0.4, -0.2) is 6.36 Å². The average Bonchev–Trinajstić information content (AvgIpc) is 2.14. The van der Waals surface area contributed by atoms with Crippen LogP contribution in [0.4, 0.5) is 13.2 Å². The van der Waals surface area contributed by atoms with Crippen LogP contribution in [0.1, 0.15) is 18.1 Å². The molecule has 1 aromatic rings. The van der Waals surface area contributed by atoms with Crippen LogP contribution in [0.5, 0.6) is 5.75 Å². The number of ether oxygens (including phenoxy) is 1. The standard InChI is InChI=1S/C10H12F3NO/c1-2-7-3-8(6-14)5-9(4-7)15-10(11,12)13/h3-5H,2,6,14H2,1H3. The van der Waals surface area contributed by atoms with Gasteiger partial charge in [0.15, 0.2) is 0 Å². The molecule has 1 aromatic carbocycles. The Bertz CT molecular complexity index is 314. The first-order valence-corrected chi connectivity index (χ1v) is 4.53. The molecule has 0 saturated heterocycles. The lowest BCUT2D eigenvalue weighted by molar-refractivity contribution is -0.274. The maximum absolute atomic E-state index is 12.0. The van der Waals surface area contributed by atoms with Gasteiger partial charge in [-0.05, 0) is 29.7 Å². The molecule has 0 aliphatic rings. The van der Waals surface area contributed by atoms with Gasteiger partial charge in [0.25, 0.3) is 0 Å². The van der Waals surface area contributed by atoms with Crippen LogP contribution < -0.4 is 10.5 Å². The fourth-order valence-corrected chi connectivity index (χ4v) is 1.24. The summed E-state index contributed by atoms with van der Waals surface area (Å²) in [6, 6.07) is 4.43. The summed E-state index contributed by atoms with van der Waals surface area (Å²) in [5, 5.41) is 0. The molecule has 0 spiro atoms. The summed E-state index contributed by atoms with van der Waals surface area (Å²) in [4.78, 5) is 0. The zero-order valence-corrected chi connectivity index (χ0v) is 8.27. The summed E-state index contributed by atoms with van der Waals surface area (Å²) in [7, 11) is 0. The molecule has 0 aliphatic carbocycles. The Kier molecular flexibility index (Phi) is 3.57. The van der Waals surface area contributed by atoms with Crippen molar-refractivity contribution in [3.05, 3.63) is 29.3 Å². The van der Waals surface area contributed by atoms with Crippen LogP contribution in [0.2, 0.25) is 0 Å². The molecule has 0 fully saturated rings. The molecule has 0 unspecified atom stereocenters. The van der Waals surface area contributed by atoms with Gasteiger partial charge in [-0.1, -0.05) is 13.0 Å². The molecule has 0 saturated carbocycles. The minimum absolute atomic E-state index is 0.196. The van der Waals surface area contributed by atoms with Gasteiger partial charge < -0.3 is 10.5 Å². The maximum atomic E-state index is 12.0. The van der Waals surface area contributed by atoms with E-state index in [0.29, 0.717) is 12.0 Å². The molecular weight excluding hydrogens is 207 g/mol. The molecule has 0 atom stereocenters. The van der Waals surface area contributed by atoms with Crippen molar-refractivity contribution in [2.24, 2.45) is 5.73 Å². The van der Waals surface area contributed by atoms with Crippen LogP contribution in [-0.2, 0) is 13.0 Å². The second-order valence-corrected chi connectivity index (χ2v) is 3.09. The van der Waals surface area contributed by atoms with Crippen molar-refractivity contribution in [3.63, 3.8) is 0 Å². The van der Waals surface area contributed by atoms with Crippen molar-refractivity contribution in [1.82, 2.24) is 0 Å². The summed E-state index contributed by atoms with van der Waals surface area (Å²) in [5.74, 6) is -0.206. The molecule has 5 heteroatoms. The van der Waals surface area contributed by atoms with Gasteiger partial charge in [-0.3, -0.25) is 0 Å². The summed E-state index contributed by atoms with van der Waals surface area (Å²) >= 11 is 0. The van der Waals surface area contributed by atoms with Crippen molar-refractivity contribution >= 4 is 0 Å². The molecule has 0 amide bonds. The fraction of sp³-hybridized carbons (Fsp3) is 0.400. The Hall–Kier alpha value is -1.23. The van der Waals surface area contributed by atoms with E-state index in [9.17, 15) is 13.2 Å². The molecule has 0 heterocycles. The number of nitrogens with two attached hydrogens (primary N) is 1. The van der Waals surface area contributed by atoms with E-state index in [2.05, 4.69) is 4.74 Å². The van der Waals surface area contributed by atoms with Gasteiger partial charge in [0, 0.05) is 6.54 Å². The minimum atomic E-state index is -4.65. The van der Waals surface area contributed by atoms with Gasteiger partial charge in [-0.25, -0.2) is 0 Å². The highest BCUT2D eigenvalue weighted by Gasteiger charge is 2.31. The summed E-state index contributed by atoms with van der Waals surface area (Å²) in [6.45, 7) is 2.05. The lowest BCUT2D eigenvalue weighted by atomic mass is 10.1. The Morgan fingerprint density at radius 3 is 2.27 bits per heavy atom. The topological polar surface area (TPSA) is 35.2 Å². The quantitative estimate of drug-likeness (QED) is 0.848. The van der Waals surface area contributed by atoms with Crippen LogP contribution >= 0.6 is 0 Å². The van der Waals surface area contributed by atoms with E-state index >= 15 is 0 Å². The fourth-order valence-electron chi connectivity index (χ4n) is 1.24. The first-order chi connectivity index (χ1) is 6.94. The highest BCUT2D eigenvalue weighted by Crippen LogP contribution is 2.25. The molecule has 15 heavy (non-hydrogen) atoms. The van der Waals surface area contributed by atoms with Gasteiger partial charge in [0.05, 0.1) is 0 Å². The van der Waals surface area contributed by atoms with Crippen LogP contribution in [0.3, 0.4) is 0 Å². The summed E-state index contributed by atoms with van der Waals surface area (Å²) in [6.07, 6.45) is -4.01. The normalized spacial score (nSPS) is 11.5. The van der Waals surface area contributed by atoms with Crippen molar-refractivity contribution < 1.29 is 17.9 Å². The van der Waals surface area contributed by atoms with Gasteiger partial charge in [-0.2, -0.15) is 0 Å². The van der Waals surface area contributed by atoms with Crippen LogP contribution in [0, 0.1) is 0 Å². The van der Waals surface area contributed by atoms with Crippen molar-refractivity contribution in [2.75, 3.05) is 0 Å². The zero-order chi connectivity index (χ0) is 11.5. The number of hydrogen-bond donors (Lipinski definition) is 1. The molecule has 2 nitrogen and oxygen atoms in total. The largest absolute Gasteiger partial charge is 0.573 e. The van der Waals surface area contributed by atoms with E-state index in [1.165, 1.54) is 12.1 Å². The van der Waals surface area contributed by atoms with E-state index in [0.717, 1.165) is 5.56 Å². The number of halogens is 3. The second-order valence-electron chi connectivity index (χ2n) is 3.09. The molecule has 2 N–H and O–H groups in total. The highest BCUT2D eigenvalue weighted by molar-refractivity contribution is 5.34. The lowest BCUT2D eigenvalue weighted by Gasteiger charge is -2.11. The third kappa shape index (κ3) is 3.79. The number of hydrogen-bond acceptors (Lipinski definition) is 2. The number of alkyl halides is 3. The third-order valence-electron chi connectivity index (χ3n) is 1.90. The molecule has 0 bridgehead atoms. The molecule has 0 aromatic heterocycles. The molecule has 1 rings (SSSR count). The number of aryl methyl sites for hydroxylation is 1. The molecule has 0 aliphatic heterocycles. The minimum Gasteiger partial charge on any atom is -0.406 e. The third-order valence-corrected chi connectivity index (χ3v) is 1.90. The monoisotopic (exact) mass is 219 g/mol. The van der Waals surface area contributed by atoms with Gasteiger partial charge in [0.2, 0.25) is 0 Å². The Balaban J connectivity index is 2.97. The van der Waals surface area contributed by atoms with Gasteiger partial charge in [0.1, 0.15) is 5.75 Å². The van der Waals surface area contributed by atoms with Gasteiger partial charge in [-0.15, -0.1) is 13.2 Å². The Morgan fingerprint density at radius 1 is 1.20 bits per heavy atom. The molecule has 0 radical (unpaired) electrons. The van der Waals surface area contributed by atoms with Crippen molar-refractivity contribution in [3.8, 4) is 5.75 Å². The predicted molar refractivity (Wildman–Crippen MR) is 50.4 cm³/mol. The molecule has 84 valence electrons. The number of benzene rings is 1. The second kappa shape index (κ2) is 4.53. The first kappa shape index (κ1) is 11.8. The van der Waals surface area contributed by atoms with E-state index < -0.39 is 6.36 Å². The van der Waals surface area contributed by atoms with Crippen molar-refractivity contribution in [2.45, 2.75) is 26.3 Å². The summed E-state index contributed by atoms with van der Waals surface area (Å²) in [5.41, 5.74) is 6.78. The van der Waals surface area contributed by atoms with E-state index in [-0.39, 0.29) is 12.3 Å². The highest BCUT2D eigenvalue weighted by atomic mass is 19.4. The Morgan fingerprint density at radius 2 is 1.80 bits per heavy atom.